The highest BCUT2D eigenvalue weighted by Gasteiger charge is 2.38. The van der Waals surface area contributed by atoms with Gasteiger partial charge in [-0.15, -0.1) is 0 Å². The highest BCUT2D eigenvalue weighted by Crippen LogP contribution is 2.26. The molecule has 158 valence electrons. The van der Waals surface area contributed by atoms with E-state index in [9.17, 15) is 22.8 Å². The number of sulfonamides is 1. The van der Waals surface area contributed by atoms with Crippen molar-refractivity contribution in [1.82, 2.24) is 14.9 Å². The molecule has 0 radical (unpaired) electrons. The molecule has 1 fully saturated rings. The number of hydrogen-bond donors (Lipinski definition) is 2. The number of benzene rings is 1. The summed E-state index contributed by atoms with van der Waals surface area (Å²) in [6, 6.07) is 5.63. The molecule has 3 rings (SSSR count). The number of nitrogens with zero attached hydrogens (tertiary/aromatic N) is 1. The number of esters is 1. The Hall–Kier alpha value is -2.46. The Labute approximate surface area is 169 Å². The molecule has 1 heterocycles. The summed E-state index contributed by atoms with van der Waals surface area (Å²) < 4.78 is 30.4. The summed E-state index contributed by atoms with van der Waals surface area (Å²) >= 11 is 0. The van der Waals surface area contributed by atoms with Crippen molar-refractivity contribution in [2.75, 3.05) is 12.9 Å². The first-order chi connectivity index (χ1) is 13.7. The standard InChI is InChI=1S/C19H25N3O6S/c1-29(26,27)22-11-14-7-3-2-6-13(14)10-16(22)18(24)28-12-17(23)21-19(25)20-15-8-4-5-9-15/h2-3,6-7,15-16H,4-5,8-12H2,1H3,(H2,20,21,23,25)/t16-/m0/s1. The molecule has 1 aliphatic carbocycles. The van der Waals surface area contributed by atoms with Crippen LogP contribution < -0.4 is 10.6 Å². The number of urea groups is 1. The molecular formula is C19H25N3O6S. The smallest absolute Gasteiger partial charge is 0.325 e. The maximum Gasteiger partial charge on any atom is 0.325 e. The van der Waals surface area contributed by atoms with Crippen LogP contribution in [0.25, 0.3) is 0 Å². The van der Waals surface area contributed by atoms with Crippen LogP contribution in [0.5, 0.6) is 0 Å². The lowest BCUT2D eigenvalue weighted by Crippen LogP contribution is -2.50. The van der Waals surface area contributed by atoms with Crippen LogP contribution in [0.15, 0.2) is 24.3 Å². The molecule has 10 heteroatoms. The van der Waals surface area contributed by atoms with Gasteiger partial charge in [0.25, 0.3) is 5.91 Å². The number of imide groups is 1. The molecule has 1 aliphatic heterocycles. The lowest BCUT2D eigenvalue weighted by molar-refractivity contribution is -0.152. The van der Waals surface area contributed by atoms with E-state index in [1.165, 1.54) is 0 Å². The van der Waals surface area contributed by atoms with Gasteiger partial charge in [0, 0.05) is 19.0 Å². The van der Waals surface area contributed by atoms with Gasteiger partial charge in [-0.2, -0.15) is 4.31 Å². The number of carbonyl (C=O) groups excluding carboxylic acids is 3. The van der Waals surface area contributed by atoms with Crippen LogP contribution in [0.1, 0.15) is 36.8 Å². The largest absolute Gasteiger partial charge is 0.454 e. The number of carbonyl (C=O) groups is 3. The second kappa shape index (κ2) is 8.91. The summed E-state index contributed by atoms with van der Waals surface area (Å²) in [5.41, 5.74) is 1.68. The van der Waals surface area contributed by atoms with Gasteiger partial charge in [-0.3, -0.25) is 14.9 Å². The van der Waals surface area contributed by atoms with E-state index in [0.717, 1.165) is 47.4 Å². The number of amides is 3. The maximum absolute atomic E-state index is 12.5. The van der Waals surface area contributed by atoms with Crippen LogP contribution in [0.2, 0.25) is 0 Å². The summed E-state index contributed by atoms with van der Waals surface area (Å²) in [7, 11) is -3.67. The van der Waals surface area contributed by atoms with Gasteiger partial charge in [-0.05, 0) is 24.0 Å². The molecule has 0 spiro atoms. The SMILES string of the molecule is CS(=O)(=O)N1Cc2ccccc2C[C@H]1C(=O)OCC(=O)NC(=O)NC1CCCC1. The lowest BCUT2D eigenvalue weighted by atomic mass is 9.96. The minimum atomic E-state index is -3.67. The van der Waals surface area contributed by atoms with Crippen molar-refractivity contribution in [3.05, 3.63) is 35.4 Å². The van der Waals surface area contributed by atoms with E-state index >= 15 is 0 Å². The van der Waals surface area contributed by atoms with Crippen molar-refractivity contribution < 1.29 is 27.5 Å². The van der Waals surface area contributed by atoms with Gasteiger partial charge >= 0.3 is 12.0 Å². The summed E-state index contributed by atoms with van der Waals surface area (Å²) in [5.74, 6) is -1.59. The van der Waals surface area contributed by atoms with Crippen LogP contribution >= 0.6 is 0 Å². The average molecular weight is 423 g/mol. The molecule has 1 saturated carbocycles. The van der Waals surface area contributed by atoms with E-state index in [-0.39, 0.29) is 19.0 Å². The van der Waals surface area contributed by atoms with Crippen molar-refractivity contribution in [2.24, 2.45) is 0 Å². The van der Waals surface area contributed by atoms with Crippen molar-refractivity contribution in [3.8, 4) is 0 Å². The van der Waals surface area contributed by atoms with Crippen LogP contribution in [-0.2, 0) is 37.3 Å². The number of nitrogens with one attached hydrogen (secondary N) is 2. The Balaban J connectivity index is 1.57. The van der Waals surface area contributed by atoms with Crippen molar-refractivity contribution in [1.29, 1.82) is 0 Å². The number of hydrogen-bond acceptors (Lipinski definition) is 6. The minimum Gasteiger partial charge on any atom is -0.454 e. The van der Waals surface area contributed by atoms with Gasteiger partial charge in [0.05, 0.1) is 6.26 Å². The van der Waals surface area contributed by atoms with Crippen LogP contribution in [-0.4, -0.2) is 55.6 Å². The zero-order valence-electron chi connectivity index (χ0n) is 16.2. The number of fused-ring (bicyclic) bond motifs is 1. The molecule has 0 unspecified atom stereocenters. The number of ether oxygens (including phenoxy) is 1. The second-order valence-electron chi connectivity index (χ2n) is 7.41. The minimum absolute atomic E-state index is 0.0518. The van der Waals surface area contributed by atoms with E-state index in [4.69, 9.17) is 4.74 Å². The van der Waals surface area contributed by atoms with Crippen LogP contribution in [0.4, 0.5) is 4.79 Å². The molecule has 9 nitrogen and oxygen atoms in total. The normalized spacial score (nSPS) is 20.0. The first-order valence-electron chi connectivity index (χ1n) is 9.54. The third-order valence-electron chi connectivity index (χ3n) is 5.19. The summed E-state index contributed by atoms with van der Waals surface area (Å²) in [5, 5.41) is 4.82. The van der Waals surface area contributed by atoms with E-state index in [1.807, 2.05) is 18.2 Å². The predicted octanol–water partition coefficient (Wildman–Crippen LogP) is 0.685. The molecule has 0 aromatic heterocycles. The van der Waals surface area contributed by atoms with Crippen LogP contribution in [0.3, 0.4) is 0 Å². The summed E-state index contributed by atoms with van der Waals surface area (Å²) in [6.45, 7) is -0.600. The maximum atomic E-state index is 12.5. The quantitative estimate of drug-likeness (QED) is 0.672. The highest BCUT2D eigenvalue weighted by atomic mass is 32.2. The van der Waals surface area contributed by atoms with E-state index in [1.54, 1.807) is 6.07 Å². The molecule has 1 aromatic carbocycles. The summed E-state index contributed by atoms with van der Waals surface area (Å²) in [6.07, 6.45) is 5.02. The van der Waals surface area contributed by atoms with E-state index in [2.05, 4.69) is 10.6 Å². The van der Waals surface area contributed by atoms with Gasteiger partial charge in [-0.1, -0.05) is 37.1 Å². The van der Waals surface area contributed by atoms with Gasteiger partial charge < -0.3 is 10.1 Å². The monoisotopic (exact) mass is 423 g/mol. The third kappa shape index (κ3) is 5.54. The van der Waals surface area contributed by atoms with Crippen molar-refractivity contribution in [3.63, 3.8) is 0 Å². The van der Waals surface area contributed by atoms with Crippen molar-refractivity contribution >= 4 is 27.9 Å². The average Bonchev–Trinajstić information content (AvgIpc) is 3.17. The molecule has 2 N–H and O–H groups in total. The fourth-order valence-electron chi connectivity index (χ4n) is 3.74. The lowest BCUT2D eigenvalue weighted by Gasteiger charge is -2.33. The van der Waals surface area contributed by atoms with E-state index < -0.39 is 40.6 Å². The molecular weight excluding hydrogens is 398 g/mol. The van der Waals surface area contributed by atoms with Gasteiger partial charge in [0.15, 0.2) is 6.61 Å². The molecule has 0 saturated heterocycles. The second-order valence-corrected chi connectivity index (χ2v) is 9.34. The molecule has 0 bridgehead atoms. The zero-order chi connectivity index (χ0) is 21.0. The first kappa shape index (κ1) is 21.3. The van der Waals surface area contributed by atoms with Gasteiger partial charge in [-0.25, -0.2) is 13.2 Å². The highest BCUT2D eigenvalue weighted by molar-refractivity contribution is 7.88. The zero-order valence-corrected chi connectivity index (χ0v) is 17.0. The molecule has 2 aliphatic rings. The van der Waals surface area contributed by atoms with E-state index in [0.29, 0.717) is 0 Å². The Kier molecular flexibility index (Phi) is 6.53. The van der Waals surface area contributed by atoms with Crippen LogP contribution in [0, 0.1) is 0 Å². The number of rotatable bonds is 5. The Morgan fingerprint density at radius 2 is 1.79 bits per heavy atom. The third-order valence-corrected chi connectivity index (χ3v) is 6.43. The Morgan fingerprint density at radius 3 is 2.45 bits per heavy atom. The van der Waals surface area contributed by atoms with Crippen molar-refractivity contribution in [2.45, 2.75) is 50.7 Å². The fraction of sp³-hybridized carbons (Fsp3) is 0.526. The van der Waals surface area contributed by atoms with Gasteiger partial charge in [0.2, 0.25) is 10.0 Å². The first-order valence-corrected chi connectivity index (χ1v) is 11.4. The Morgan fingerprint density at radius 1 is 1.14 bits per heavy atom. The topological polar surface area (TPSA) is 122 Å². The molecule has 3 amide bonds. The molecule has 1 atom stereocenters. The van der Waals surface area contributed by atoms with Gasteiger partial charge in [0.1, 0.15) is 6.04 Å². The fourth-order valence-corrected chi connectivity index (χ4v) is 4.73. The Bertz CT molecular complexity index is 895. The molecule has 1 aromatic rings. The molecule has 29 heavy (non-hydrogen) atoms. The summed E-state index contributed by atoms with van der Waals surface area (Å²) in [4.78, 5) is 36.2. The predicted molar refractivity (Wildman–Crippen MR) is 104 cm³/mol.